The first-order valence-electron chi connectivity index (χ1n) is 10.1. The van der Waals surface area contributed by atoms with Gasteiger partial charge in [0.2, 0.25) is 0 Å². The Bertz CT molecular complexity index is 978. The summed E-state index contributed by atoms with van der Waals surface area (Å²) in [5, 5.41) is 11.9. The maximum atomic E-state index is 12.1. The number of hydrogen-bond donors (Lipinski definition) is 1. The van der Waals surface area contributed by atoms with Gasteiger partial charge in [-0.2, -0.15) is 5.26 Å². The van der Waals surface area contributed by atoms with Crippen LogP contribution in [0.3, 0.4) is 0 Å². The highest BCUT2D eigenvalue weighted by molar-refractivity contribution is 9.10. The minimum Gasteiger partial charge on any atom is -0.481 e. The number of halogens is 1. The third-order valence-corrected chi connectivity index (χ3v) is 4.97. The van der Waals surface area contributed by atoms with E-state index in [1.165, 1.54) is 6.08 Å². The van der Waals surface area contributed by atoms with Crippen LogP contribution in [0.2, 0.25) is 0 Å². The second kappa shape index (κ2) is 12.6. The molecule has 2 rings (SSSR count). The van der Waals surface area contributed by atoms with Crippen molar-refractivity contribution < 1.29 is 19.1 Å². The smallest absolute Gasteiger partial charge is 0.349 e. The molecule has 0 aliphatic rings. The zero-order valence-corrected chi connectivity index (χ0v) is 19.2. The molecule has 1 amide bonds. The zero-order chi connectivity index (χ0) is 22.6. The second-order valence-electron chi connectivity index (χ2n) is 6.73. The number of carbonyl (C=O) groups excluding carboxylic acids is 2. The van der Waals surface area contributed by atoms with E-state index in [0.29, 0.717) is 23.6 Å². The monoisotopic (exact) mass is 484 g/mol. The summed E-state index contributed by atoms with van der Waals surface area (Å²) in [6.07, 6.45) is 4.22. The number of esters is 1. The van der Waals surface area contributed by atoms with Gasteiger partial charge in [-0.15, -0.1) is 0 Å². The van der Waals surface area contributed by atoms with E-state index in [1.807, 2.05) is 31.2 Å². The van der Waals surface area contributed by atoms with E-state index in [1.54, 1.807) is 24.3 Å². The predicted octanol–water partition coefficient (Wildman–Crippen LogP) is 4.82. The SMILES string of the molecule is CCCCNC(=O)/C(C#N)=C/c1ccc(OC(=O)COc2ccc(CC)cc2Br)cc1. The molecule has 31 heavy (non-hydrogen) atoms. The number of benzene rings is 2. The average Bonchev–Trinajstić information content (AvgIpc) is 2.77. The lowest BCUT2D eigenvalue weighted by molar-refractivity contribution is -0.136. The highest BCUT2D eigenvalue weighted by atomic mass is 79.9. The van der Waals surface area contributed by atoms with Gasteiger partial charge in [0.25, 0.3) is 5.91 Å². The lowest BCUT2D eigenvalue weighted by Gasteiger charge is -2.09. The van der Waals surface area contributed by atoms with Crippen molar-refractivity contribution in [2.45, 2.75) is 33.1 Å². The van der Waals surface area contributed by atoms with Gasteiger partial charge in [0.15, 0.2) is 6.61 Å². The molecule has 162 valence electrons. The lowest BCUT2D eigenvalue weighted by Crippen LogP contribution is -2.25. The molecule has 0 heterocycles. The molecule has 0 aromatic heterocycles. The van der Waals surface area contributed by atoms with E-state index in [4.69, 9.17) is 9.47 Å². The molecular formula is C24H25BrN2O4. The van der Waals surface area contributed by atoms with Crippen LogP contribution in [-0.2, 0) is 16.0 Å². The number of rotatable bonds is 10. The third kappa shape index (κ3) is 7.91. The molecular weight excluding hydrogens is 460 g/mol. The van der Waals surface area contributed by atoms with Gasteiger partial charge >= 0.3 is 5.97 Å². The molecule has 7 heteroatoms. The van der Waals surface area contributed by atoms with Crippen molar-refractivity contribution in [2.75, 3.05) is 13.2 Å². The summed E-state index contributed by atoms with van der Waals surface area (Å²) in [7, 11) is 0. The van der Waals surface area contributed by atoms with Crippen molar-refractivity contribution >= 4 is 33.9 Å². The molecule has 6 nitrogen and oxygen atoms in total. The van der Waals surface area contributed by atoms with Crippen LogP contribution in [0.4, 0.5) is 0 Å². The minimum absolute atomic E-state index is 0.0221. The van der Waals surface area contributed by atoms with Gasteiger partial charge in [0, 0.05) is 6.54 Å². The first kappa shape index (κ1) is 24.2. The number of hydrogen-bond acceptors (Lipinski definition) is 5. The summed E-state index contributed by atoms with van der Waals surface area (Å²) in [5.41, 5.74) is 1.83. The van der Waals surface area contributed by atoms with E-state index in [9.17, 15) is 14.9 Å². The van der Waals surface area contributed by atoms with Crippen LogP contribution in [0.5, 0.6) is 11.5 Å². The Morgan fingerprint density at radius 3 is 2.52 bits per heavy atom. The van der Waals surface area contributed by atoms with E-state index >= 15 is 0 Å². The quantitative estimate of drug-likeness (QED) is 0.171. The van der Waals surface area contributed by atoms with Gasteiger partial charge in [0.05, 0.1) is 4.47 Å². The second-order valence-corrected chi connectivity index (χ2v) is 7.58. The molecule has 0 atom stereocenters. The third-order valence-electron chi connectivity index (χ3n) is 4.35. The Hall–Kier alpha value is -3.11. The number of nitrogens with zero attached hydrogens (tertiary/aromatic N) is 1. The van der Waals surface area contributed by atoms with Gasteiger partial charge in [-0.05, 0) is 70.2 Å². The molecule has 0 unspecified atom stereocenters. The summed E-state index contributed by atoms with van der Waals surface area (Å²) < 4.78 is 11.6. The Kier molecular flexibility index (Phi) is 9.79. The average molecular weight is 485 g/mol. The Balaban J connectivity index is 1.92. The summed E-state index contributed by atoms with van der Waals surface area (Å²) in [6.45, 7) is 4.38. The molecule has 0 fully saturated rings. The van der Waals surface area contributed by atoms with Gasteiger partial charge in [-0.1, -0.05) is 38.5 Å². The van der Waals surface area contributed by atoms with Crippen LogP contribution in [0.25, 0.3) is 6.08 Å². The van der Waals surface area contributed by atoms with Gasteiger partial charge in [0.1, 0.15) is 23.1 Å². The fourth-order valence-corrected chi connectivity index (χ4v) is 3.14. The lowest BCUT2D eigenvalue weighted by atomic mass is 10.1. The van der Waals surface area contributed by atoms with Crippen molar-refractivity contribution in [2.24, 2.45) is 0 Å². The molecule has 0 spiro atoms. The molecule has 0 radical (unpaired) electrons. The first-order valence-corrected chi connectivity index (χ1v) is 10.9. The number of ether oxygens (including phenoxy) is 2. The summed E-state index contributed by atoms with van der Waals surface area (Å²) >= 11 is 3.43. The summed E-state index contributed by atoms with van der Waals surface area (Å²) in [6, 6.07) is 14.1. The molecule has 0 saturated carbocycles. The number of unbranched alkanes of at least 4 members (excludes halogenated alkanes) is 1. The fourth-order valence-electron chi connectivity index (χ4n) is 2.60. The molecule has 0 bridgehead atoms. The number of nitriles is 1. The molecule has 1 N–H and O–H groups in total. The van der Waals surface area contributed by atoms with Crippen LogP contribution < -0.4 is 14.8 Å². The number of amides is 1. The van der Waals surface area contributed by atoms with E-state index in [0.717, 1.165) is 29.3 Å². The van der Waals surface area contributed by atoms with Crippen LogP contribution in [0.15, 0.2) is 52.5 Å². The first-order chi connectivity index (χ1) is 15.0. The van der Waals surface area contributed by atoms with Gasteiger partial charge in [-0.3, -0.25) is 4.79 Å². The van der Waals surface area contributed by atoms with E-state index in [-0.39, 0.29) is 12.2 Å². The summed E-state index contributed by atoms with van der Waals surface area (Å²) in [5.74, 6) is -0.0301. The zero-order valence-electron chi connectivity index (χ0n) is 17.6. The molecule has 2 aromatic rings. The van der Waals surface area contributed by atoms with Crippen molar-refractivity contribution in [1.82, 2.24) is 5.32 Å². The van der Waals surface area contributed by atoms with Crippen molar-refractivity contribution in [3.63, 3.8) is 0 Å². The standard InChI is InChI=1S/C24H25BrN2O4/c1-3-5-12-27-24(29)19(15-26)13-18-6-9-20(10-7-18)31-23(28)16-30-22-11-8-17(4-2)14-21(22)25/h6-11,13-14H,3-5,12,16H2,1-2H3,(H,27,29)/b19-13+. The van der Waals surface area contributed by atoms with Crippen LogP contribution in [-0.4, -0.2) is 25.0 Å². The Labute approximate surface area is 191 Å². The van der Waals surface area contributed by atoms with E-state index < -0.39 is 11.9 Å². The van der Waals surface area contributed by atoms with Gasteiger partial charge < -0.3 is 14.8 Å². The predicted molar refractivity (Wildman–Crippen MR) is 123 cm³/mol. The summed E-state index contributed by atoms with van der Waals surface area (Å²) in [4.78, 5) is 24.1. The Morgan fingerprint density at radius 1 is 1.16 bits per heavy atom. The topological polar surface area (TPSA) is 88.4 Å². The van der Waals surface area contributed by atoms with Crippen molar-refractivity contribution in [3.05, 3.63) is 63.6 Å². The highest BCUT2D eigenvalue weighted by Crippen LogP contribution is 2.26. The van der Waals surface area contributed by atoms with Crippen LogP contribution in [0.1, 0.15) is 37.8 Å². The number of aryl methyl sites for hydroxylation is 1. The van der Waals surface area contributed by atoms with Crippen LogP contribution >= 0.6 is 15.9 Å². The highest BCUT2D eigenvalue weighted by Gasteiger charge is 2.10. The number of carbonyl (C=O) groups is 2. The number of nitrogens with one attached hydrogen (secondary N) is 1. The van der Waals surface area contributed by atoms with Gasteiger partial charge in [-0.25, -0.2) is 4.79 Å². The van der Waals surface area contributed by atoms with Crippen molar-refractivity contribution in [3.8, 4) is 17.6 Å². The Morgan fingerprint density at radius 2 is 1.90 bits per heavy atom. The normalized spacial score (nSPS) is 10.8. The largest absolute Gasteiger partial charge is 0.481 e. The molecule has 0 aliphatic carbocycles. The fraction of sp³-hybridized carbons (Fsp3) is 0.292. The van der Waals surface area contributed by atoms with E-state index in [2.05, 4.69) is 28.2 Å². The molecule has 2 aromatic carbocycles. The van der Waals surface area contributed by atoms with Crippen molar-refractivity contribution in [1.29, 1.82) is 5.26 Å². The minimum atomic E-state index is -0.539. The molecule has 0 saturated heterocycles. The maximum absolute atomic E-state index is 12.1. The molecule has 0 aliphatic heterocycles. The van der Waals surface area contributed by atoms with Crippen LogP contribution in [0, 0.1) is 11.3 Å². The maximum Gasteiger partial charge on any atom is 0.349 e.